The molecule has 0 amide bonds. The molecule has 0 atom stereocenters. The summed E-state index contributed by atoms with van der Waals surface area (Å²) in [5, 5.41) is 24.5. The average molecular weight is 603 g/mol. The lowest BCUT2D eigenvalue weighted by molar-refractivity contribution is -0.137. The van der Waals surface area contributed by atoms with Crippen molar-refractivity contribution in [1.29, 1.82) is 10.5 Å². The van der Waals surface area contributed by atoms with Gasteiger partial charge in [-0.25, -0.2) is 0 Å². The molecule has 6 aromatic carbocycles. The fraction of sp³-hybridized carbons (Fsp3) is 0.0256. The number of hydrogen-bond acceptors (Lipinski definition) is 2. The van der Waals surface area contributed by atoms with Crippen molar-refractivity contribution in [1.82, 2.24) is 9.13 Å². The predicted molar refractivity (Wildman–Crippen MR) is 175 cm³/mol. The van der Waals surface area contributed by atoms with Crippen LogP contribution in [0.1, 0.15) is 16.7 Å². The third-order valence-electron chi connectivity index (χ3n) is 8.57. The lowest BCUT2D eigenvalue weighted by atomic mass is 9.96. The van der Waals surface area contributed by atoms with Crippen LogP contribution in [0.25, 0.3) is 66.1 Å². The van der Waals surface area contributed by atoms with E-state index in [1.165, 1.54) is 6.07 Å². The molecule has 2 aromatic heterocycles. The summed E-state index contributed by atoms with van der Waals surface area (Å²) in [6.45, 7) is 0. The fourth-order valence-corrected chi connectivity index (χ4v) is 6.63. The number of hydrogen-bond donors (Lipinski definition) is 0. The number of halogens is 3. The first kappa shape index (κ1) is 27.3. The molecule has 218 valence electrons. The topological polar surface area (TPSA) is 57.4 Å². The molecule has 0 aliphatic rings. The SMILES string of the molecule is N#Cc1cc(-c2cc(-n3c4ccccc4c4ccccc43)c(C#N)c(-n3c4ccccc4c4ccccc43)c2)cc(C(F)(F)F)c1. The van der Waals surface area contributed by atoms with Gasteiger partial charge < -0.3 is 9.13 Å². The molecule has 0 fully saturated rings. The van der Waals surface area contributed by atoms with Crippen molar-refractivity contribution in [2.24, 2.45) is 0 Å². The summed E-state index contributed by atoms with van der Waals surface area (Å²) in [5.74, 6) is 0. The maximum absolute atomic E-state index is 14.1. The van der Waals surface area contributed by atoms with Crippen LogP contribution in [0.3, 0.4) is 0 Å². The van der Waals surface area contributed by atoms with Gasteiger partial charge in [0.2, 0.25) is 0 Å². The average Bonchev–Trinajstić information content (AvgIpc) is 3.60. The maximum Gasteiger partial charge on any atom is 0.416 e. The molecule has 8 rings (SSSR count). The standard InChI is InChI=1S/C39H21F3N4/c40-39(41,42)27-18-24(22-43)17-25(19-27)26-20-37(45-33-13-5-1-9-28(33)29-10-2-6-14-34(29)45)32(23-44)38(21-26)46-35-15-7-3-11-30(35)31-12-4-8-16-36(31)46/h1-21H. The maximum atomic E-state index is 14.1. The Bertz CT molecular complexity index is 2370. The van der Waals surface area contributed by atoms with Crippen LogP contribution >= 0.6 is 0 Å². The van der Waals surface area contributed by atoms with E-state index >= 15 is 0 Å². The smallest absolute Gasteiger partial charge is 0.308 e. The Morgan fingerprint density at radius 1 is 0.478 bits per heavy atom. The summed E-state index contributed by atoms with van der Waals surface area (Å²) in [6.07, 6.45) is -4.65. The molecule has 0 saturated heterocycles. The molecular weight excluding hydrogens is 581 g/mol. The number of aromatic nitrogens is 2. The van der Waals surface area contributed by atoms with Gasteiger partial charge in [-0.05, 0) is 65.7 Å². The van der Waals surface area contributed by atoms with Gasteiger partial charge >= 0.3 is 6.18 Å². The molecule has 4 nitrogen and oxygen atoms in total. The van der Waals surface area contributed by atoms with Gasteiger partial charge in [0.15, 0.2) is 0 Å². The van der Waals surface area contributed by atoms with Crippen LogP contribution in [0.5, 0.6) is 0 Å². The molecule has 0 saturated carbocycles. The summed E-state index contributed by atoms with van der Waals surface area (Å²) in [5.41, 5.74) is 4.45. The molecular formula is C39H21F3N4. The molecule has 0 aliphatic heterocycles. The van der Waals surface area contributed by atoms with Gasteiger partial charge in [-0.2, -0.15) is 23.7 Å². The van der Waals surface area contributed by atoms with Crippen LogP contribution in [0.4, 0.5) is 13.2 Å². The summed E-state index contributed by atoms with van der Waals surface area (Å²) in [7, 11) is 0. The molecule has 0 radical (unpaired) electrons. The van der Waals surface area contributed by atoms with E-state index in [1.54, 1.807) is 12.1 Å². The lowest BCUT2D eigenvalue weighted by Crippen LogP contribution is -2.07. The zero-order chi connectivity index (χ0) is 31.6. The highest BCUT2D eigenvalue weighted by Gasteiger charge is 2.32. The van der Waals surface area contributed by atoms with Gasteiger partial charge in [0.25, 0.3) is 0 Å². The number of rotatable bonds is 3. The molecule has 0 N–H and O–H groups in total. The number of para-hydroxylation sites is 4. The highest BCUT2D eigenvalue weighted by Crippen LogP contribution is 2.41. The zero-order valence-electron chi connectivity index (χ0n) is 24.0. The number of alkyl halides is 3. The highest BCUT2D eigenvalue weighted by molar-refractivity contribution is 6.11. The Kier molecular flexibility index (Phi) is 6.00. The number of nitrogens with zero attached hydrogens (tertiary/aromatic N) is 4. The molecule has 0 bridgehead atoms. The van der Waals surface area contributed by atoms with Crippen LogP contribution in [-0.2, 0) is 6.18 Å². The lowest BCUT2D eigenvalue weighted by Gasteiger charge is -2.19. The van der Waals surface area contributed by atoms with Crippen LogP contribution in [0, 0.1) is 22.7 Å². The first-order valence-corrected chi connectivity index (χ1v) is 14.6. The number of benzene rings is 6. The van der Waals surface area contributed by atoms with Gasteiger partial charge in [0.05, 0.1) is 50.6 Å². The van der Waals surface area contributed by atoms with Gasteiger partial charge in [-0.1, -0.05) is 72.8 Å². The Hall–Kier alpha value is -6.31. The van der Waals surface area contributed by atoms with E-state index in [-0.39, 0.29) is 11.1 Å². The van der Waals surface area contributed by atoms with Crippen molar-refractivity contribution in [3.8, 4) is 34.6 Å². The summed E-state index contributed by atoms with van der Waals surface area (Å²) >= 11 is 0. The van der Waals surface area contributed by atoms with Crippen LogP contribution in [0.2, 0.25) is 0 Å². The van der Waals surface area contributed by atoms with Crippen LogP contribution in [0.15, 0.2) is 127 Å². The molecule has 46 heavy (non-hydrogen) atoms. The third kappa shape index (κ3) is 4.07. The van der Waals surface area contributed by atoms with E-state index in [2.05, 4.69) is 6.07 Å². The number of nitriles is 2. The number of fused-ring (bicyclic) bond motifs is 6. The third-order valence-corrected chi connectivity index (χ3v) is 8.57. The predicted octanol–water partition coefficient (Wildman–Crippen LogP) is 10.3. The molecule has 0 aliphatic carbocycles. The second-order valence-electron chi connectivity index (χ2n) is 11.1. The molecule has 0 unspecified atom stereocenters. The summed E-state index contributed by atoms with van der Waals surface area (Å²) in [6, 6.07) is 42.7. The minimum atomic E-state index is -4.65. The Balaban J connectivity index is 1.56. The van der Waals surface area contributed by atoms with E-state index in [4.69, 9.17) is 0 Å². The van der Waals surface area contributed by atoms with E-state index < -0.39 is 11.7 Å². The molecule has 7 heteroatoms. The first-order valence-electron chi connectivity index (χ1n) is 14.6. The van der Waals surface area contributed by atoms with Crippen molar-refractivity contribution in [3.05, 3.63) is 144 Å². The quantitative estimate of drug-likeness (QED) is 0.202. The van der Waals surface area contributed by atoms with Crippen molar-refractivity contribution >= 4 is 43.6 Å². The van der Waals surface area contributed by atoms with Gasteiger partial charge in [0.1, 0.15) is 11.6 Å². The van der Waals surface area contributed by atoms with Crippen molar-refractivity contribution < 1.29 is 13.2 Å². The van der Waals surface area contributed by atoms with Crippen LogP contribution in [-0.4, -0.2) is 9.13 Å². The second kappa shape index (κ2) is 10.1. The van der Waals surface area contributed by atoms with Gasteiger partial charge in [-0.15, -0.1) is 0 Å². The highest BCUT2D eigenvalue weighted by atomic mass is 19.4. The van der Waals surface area contributed by atoms with Crippen molar-refractivity contribution in [2.75, 3.05) is 0 Å². The van der Waals surface area contributed by atoms with E-state index in [9.17, 15) is 23.7 Å². The summed E-state index contributed by atoms with van der Waals surface area (Å²) in [4.78, 5) is 0. The molecule has 0 spiro atoms. The first-order chi connectivity index (χ1) is 22.4. The zero-order valence-corrected chi connectivity index (χ0v) is 24.0. The van der Waals surface area contributed by atoms with Gasteiger partial charge in [0, 0.05) is 21.5 Å². The minimum absolute atomic E-state index is 0.106. The van der Waals surface area contributed by atoms with Crippen molar-refractivity contribution in [2.45, 2.75) is 6.18 Å². The summed E-state index contributed by atoms with van der Waals surface area (Å²) < 4.78 is 46.2. The van der Waals surface area contributed by atoms with Gasteiger partial charge in [-0.3, -0.25) is 0 Å². The molecule has 2 heterocycles. The monoisotopic (exact) mass is 602 g/mol. The normalized spacial score (nSPS) is 11.8. The minimum Gasteiger partial charge on any atom is -0.308 e. The van der Waals surface area contributed by atoms with E-state index in [0.717, 1.165) is 55.7 Å². The Morgan fingerprint density at radius 3 is 1.24 bits per heavy atom. The van der Waals surface area contributed by atoms with Crippen LogP contribution < -0.4 is 0 Å². The van der Waals surface area contributed by atoms with E-state index in [1.807, 2.05) is 112 Å². The van der Waals surface area contributed by atoms with Crippen molar-refractivity contribution in [3.63, 3.8) is 0 Å². The van der Waals surface area contributed by atoms with E-state index in [0.29, 0.717) is 22.5 Å². The Labute approximate surface area is 261 Å². The Morgan fingerprint density at radius 2 is 0.870 bits per heavy atom. The largest absolute Gasteiger partial charge is 0.416 e. The molecule has 8 aromatic rings. The second-order valence-corrected chi connectivity index (χ2v) is 11.1. The fourth-order valence-electron chi connectivity index (χ4n) is 6.63.